The summed E-state index contributed by atoms with van der Waals surface area (Å²) >= 11 is 1.63. The molecule has 0 saturated carbocycles. The van der Waals surface area contributed by atoms with Crippen LogP contribution in [0.2, 0.25) is 0 Å². The van der Waals surface area contributed by atoms with Crippen molar-refractivity contribution in [1.82, 2.24) is 10.3 Å². The monoisotopic (exact) mass is 294 g/mol. The van der Waals surface area contributed by atoms with E-state index in [0.717, 1.165) is 41.5 Å². The van der Waals surface area contributed by atoms with E-state index in [0.29, 0.717) is 0 Å². The molecule has 1 atom stereocenters. The fourth-order valence-corrected chi connectivity index (χ4v) is 2.96. The quantitative estimate of drug-likeness (QED) is 0.579. The lowest BCUT2D eigenvalue weighted by Crippen LogP contribution is -2.45. The second kappa shape index (κ2) is 7.11. The summed E-state index contributed by atoms with van der Waals surface area (Å²) < 4.78 is 5.66. The molecule has 110 valence electrons. The molecule has 5 heteroatoms. The van der Waals surface area contributed by atoms with Gasteiger partial charge in [-0.1, -0.05) is 30.8 Å². The van der Waals surface area contributed by atoms with Crippen LogP contribution >= 0.6 is 11.8 Å². The number of aliphatic hydroxyl groups excluding tert-OH is 1. The van der Waals surface area contributed by atoms with Crippen LogP contribution in [-0.2, 0) is 0 Å². The number of oxazole rings is 1. The Labute approximate surface area is 124 Å². The summed E-state index contributed by atoms with van der Waals surface area (Å²) in [6.45, 7) is 5.14. The van der Waals surface area contributed by atoms with Crippen molar-refractivity contribution < 1.29 is 9.52 Å². The fraction of sp³-hybridized carbons (Fsp3) is 0.533. The number of nitrogens with one attached hydrogen (secondary N) is 1. The molecule has 2 N–H and O–H groups in total. The smallest absolute Gasteiger partial charge is 0.256 e. The van der Waals surface area contributed by atoms with Crippen LogP contribution in [0.25, 0.3) is 11.1 Å². The molecule has 0 radical (unpaired) electrons. The SMILES string of the molecule is CCNC(C)(CO)CCCSc1nc2ccccc2o1. The Hall–Kier alpha value is -1.04. The summed E-state index contributed by atoms with van der Waals surface area (Å²) in [5.74, 6) is 0.938. The lowest BCUT2D eigenvalue weighted by molar-refractivity contribution is 0.167. The van der Waals surface area contributed by atoms with Crippen molar-refractivity contribution in [1.29, 1.82) is 0 Å². The second-order valence-electron chi connectivity index (χ2n) is 5.15. The number of hydrogen-bond donors (Lipinski definition) is 2. The fourth-order valence-electron chi connectivity index (χ4n) is 2.18. The molecule has 0 aliphatic carbocycles. The zero-order chi connectivity index (χ0) is 14.4. The number of likely N-dealkylation sites (N-methyl/N-ethyl adjacent to an activating group) is 1. The maximum absolute atomic E-state index is 9.43. The number of fused-ring (bicyclic) bond motifs is 1. The highest BCUT2D eigenvalue weighted by molar-refractivity contribution is 7.99. The van der Waals surface area contributed by atoms with Crippen LogP contribution in [0, 0.1) is 0 Å². The Bertz CT molecular complexity index is 510. The number of thioether (sulfide) groups is 1. The van der Waals surface area contributed by atoms with Gasteiger partial charge < -0.3 is 14.8 Å². The van der Waals surface area contributed by atoms with Crippen LogP contribution in [0.15, 0.2) is 33.9 Å². The minimum atomic E-state index is -0.184. The summed E-state index contributed by atoms with van der Waals surface area (Å²) in [7, 11) is 0. The molecule has 0 aliphatic rings. The van der Waals surface area contributed by atoms with Gasteiger partial charge >= 0.3 is 0 Å². The van der Waals surface area contributed by atoms with Gasteiger partial charge in [-0.2, -0.15) is 0 Å². The first-order valence-electron chi connectivity index (χ1n) is 7.01. The van der Waals surface area contributed by atoms with Crippen molar-refractivity contribution in [2.75, 3.05) is 18.9 Å². The highest BCUT2D eigenvalue weighted by Gasteiger charge is 2.21. The number of nitrogens with zero attached hydrogens (tertiary/aromatic N) is 1. The molecular weight excluding hydrogens is 272 g/mol. The van der Waals surface area contributed by atoms with E-state index in [1.807, 2.05) is 24.3 Å². The molecule has 2 aromatic rings. The van der Waals surface area contributed by atoms with Gasteiger partial charge in [0.25, 0.3) is 5.22 Å². The maximum atomic E-state index is 9.43. The van der Waals surface area contributed by atoms with Gasteiger partial charge in [0.1, 0.15) is 5.52 Å². The van der Waals surface area contributed by atoms with Crippen LogP contribution in [0.3, 0.4) is 0 Å². The maximum Gasteiger partial charge on any atom is 0.256 e. The third-order valence-corrected chi connectivity index (χ3v) is 4.24. The average Bonchev–Trinajstić information content (AvgIpc) is 2.87. The van der Waals surface area contributed by atoms with Gasteiger partial charge in [-0.25, -0.2) is 4.98 Å². The highest BCUT2D eigenvalue weighted by Crippen LogP contribution is 2.24. The minimum Gasteiger partial charge on any atom is -0.431 e. The molecule has 20 heavy (non-hydrogen) atoms. The molecule has 0 amide bonds. The molecule has 0 bridgehead atoms. The van der Waals surface area contributed by atoms with Crippen LogP contribution < -0.4 is 5.32 Å². The van der Waals surface area contributed by atoms with Crippen LogP contribution in [0.1, 0.15) is 26.7 Å². The second-order valence-corrected chi connectivity index (χ2v) is 6.19. The van der Waals surface area contributed by atoms with Crippen LogP contribution in [0.5, 0.6) is 0 Å². The standard InChI is InChI=1S/C15H22N2O2S/c1-3-16-15(2,11-18)9-6-10-20-14-17-12-7-4-5-8-13(12)19-14/h4-5,7-8,16,18H,3,6,9-11H2,1-2H3. The Kier molecular flexibility index (Phi) is 5.46. The molecule has 1 aromatic carbocycles. The topological polar surface area (TPSA) is 58.3 Å². The van der Waals surface area contributed by atoms with Crippen molar-refractivity contribution in [3.63, 3.8) is 0 Å². The van der Waals surface area contributed by atoms with Gasteiger partial charge in [-0.05, 0) is 38.4 Å². The van der Waals surface area contributed by atoms with Crippen LogP contribution in [0.4, 0.5) is 0 Å². The average molecular weight is 294 g/mol. The van der Waals surface area contributed by atoms with Crippen molar-refractivity contribution in [2.24, 2.45) is 0 Å². The van der Waals surface area contributed by atoms with Gasteiger partial charge in [-0.15, -0.1) is 0 Å². The van der Waals surface area contributed by atoms with Crippen molar-refractivity contribution in [3.05, 3.63) is 24.3 Å². The number of para-hydroxylation sites is 2. The van der Waals surface area contributed by atoms with Crippen molar-refractivity contribution >= 4 is 22.9 Å². The lowest BCUT2D eigenvalue weighted by Gasteiger charge is -2.28. The van der Waals surface area contributed by atoms with E-state index in [2.05, 4.69) is 24.1 Å². The molecule has 1 aromatic heterocycles. The number of rotatable bonds is 8. The molecule has 0 fully saturated rings. The van der Waals surface area contributed by atoms with E-state index in [-0.39, 0.29) is 12.1 Å². The molecular formula is C15H22N2O2S. The van der Waals surface area contributed by atoms with Gasteiger partial charge in [0.15, 0.2) is 5.58 Å². The molecule has 0 saturated heterocycles. The molecule has 0 aliphatic heterocycles. The third-order valence-electron chi connectivity index (χ3n) is 3.33. The Morgan fingerprint density at radius 1 is 1.40 bits per heavy atom. The molecule has 0 spiro atoms. The molecule has 2 rings (SSSR count). The van der Waals surface area contributed by atoms with Gasteiger partial charge in [0.05, 0.1) is 6.61 Å². The first-order chi connectivity index (χ1) is 9.67. The Balaban J connectivity index is 1.81. The first-order valence-corrected chi connectivity index (χ1v) is 8.00. The molecule has 1 unspecified atom stereocenters. The van der Waals surface area contributed by atoms with Crippen LogP contribution in [-0.4, -0.2) is 34.5 Å². The number of aliphatic hydroxyl groups is 1. The van der Waals surface area contributed by atoms with E-state index < -0.39 is 0 Å². The van der Waals surface area contributed by atoms with Gasteiger partial charge in [-0.3, -0.25) is 0 Å². The van der Waals surface area contributed by atoms with Crippen molar-refractivity contribution in [2.45, 2.75) is 37.5 Å². The Morgan fingerprint density at radius 3 is 2.90 bits per heavy atom. The van der Waals surface area contributed by atoms with Gasteiger partial charge in [0, 0.05) is 11.3 Å². The zero-order valence-electron chi connectivity index (χ0n) is 12.1. The lowest BCUT2D eigenvalue weighted by atomic mass is 9.97. The summed E-state index contributed by atoms with van der Waals surface area (Å²) in [6.07, 6.45) is 1.94. The van der Waals surface area contributed by atoms with Gasteiger partial charge in [0.2, 0.25) is 0 Å². The Morgan fingerprint density at radius 2 is 2.20 bits per heavy atom. The first kappa shape index (κ1) is 15.4. The number of hydrogen-bond acceptors (Lipinski definition) is 5. The molecule has 1 heterocycles. The van der Waals surface area contributed by atoms with E-state index in [9.17, 15) is 5.11 Å². The summed E-state index contributed by atoms with van der Waals surface area (Å²) in [5, 5.41) is 13.5. The largest absolute Gasteiger partial charge is 0.431 e. The third kappa shape index (κ3) is 3.98. The summed E-state index contributed by atoms with van der Waals surface area (Å²) in [6, 6.07) is 7.80. The summed E-state index contributed by atoms with van der Waals surface area (Å²) in [4.78, 5) is 4.43. The predicted octanol–water partition coefficient (Wildman–Crippen LogP) is 3.06. The zero-order valence-corrected chi connectivity index (χ0v) is 12.9. The van der Waals surface area contributed by atoms with E-state index in [1.54, 1.807) is 11.8 Å². The van der Waals surface area contributed by atoms with E-state index in [4.69, 9.17) is 4.42 Å². The predicted molar refractivity (Wildman–Crippen MR) is 83.1 cm³/mol. The highest BCUT2D eigenvalue weighted by atomic mass is 32.2. The number of benzene rings is 1. The van der Waals surface area contributed by atoms with E-state index >= 15 is 0 Å². The normalized spacial score (nSPS) is 14.6. The molecule has 4 nitrogen and oxygen atoms in total. The van der Waals surface area contributed by atoms with E-state index in [1.165, 1.54) is 0 Å². The van der Waals surface area contributed by atoms with Crippen molar-refractivity contribution in [3.8, 4) is 0 Å². The minimum absolute atomic E-state index is 0.161. The number of aromatic nitrogens is 1. The summed E-state index contributed by atoms with van der Waals surface area (Å²) in [5.41, 5.74) is 1.56.